The molecule has 0 aliphatic heterocycles. The highest BCUT2D eigenvalue weighted by Gasteiger charge is 2.35. The molecular formula is C32H44O2P2. The first kappa shape index (κ1) is 28.8. The average molecular weight is 523 g/mol. The van der Waals surface area contributed by atoms with Crippen LogP contribution >= 0.6 is 17.2 Å². The summed E-state index contributed by atoms with van der Waals surface area (Å²) in [6.07, 6.45) is 3.21. The largest absolute Gasteiger partial charge is 0.467 e. The molecule has 4 heteroatoms. The molecule has 0 bridgehead atoms. The van der Waals surface area contributed by atoms with Crippen LogP contribution in [0.5, 0.6) is 5.75 Å². The van der Waals surface area contributed by atoms with Crippen molar-refractivity contribution in [3.05, 3.63) is 88.5 Å². The molecule has 0 N–H and O–H groups in total. The van der Waals surface area contributed by atoms with Crippen molar-refractivity contribution in [3.8, 4) is 5.75 Å². The summed E-state index contributed by atoms with van der Waals surface area (Å²) in [5.74, 6) is 1.00. The summed E-state index contributed by atoms with van der Waals surface area (Å²) in [4.78, 5) is 0. The van der Waals surface area contributed by atoms with Crippen molar-refractivity contribution in [1.82, 2.24) is 0 Å². The second-order valence-corrected chi connectivity index (χ2v) is 13.7. The van der Waals surface area contributed by atoms with Crippen LogP contribution in [0.25, 0.3) is 0 Å². The Hall–Kier alpha value is -1.72. The summed E-state index contributed by atoms with van der Waals surface area (Å²) in [6, 6.07) is 22.5. The van der Waals surface area contributed by atoms with E-state index in [1.54, 1.807) is 7.11 Å². The number of aryl methyl sites for hydroxylation is 2. The zero-order chi connectivity index (χ0) is 26.3. The number of rotatable bonds is 11. The Morgan fingerprint density at radius 2 is 1.53 bits per heavy atom. The maximum absolute atomic E-state index is 6.28. The fourth-order valence-electron chi connectivity index (χ4n) is 4.79. The van der Waals surface area contributed by atoms with E-state index in [2.05, 4.69) is 109 Å². The first-order chi connectivity index (χ1) is 17.1. The lowest BCUT2D eigenvalue weighted by Crippen LogP contribution is -2.26. The van der Waals surface area contributed by atoms with Crippen LogP contribution in [0.4, 0.5) is 0 Å². The predicted molar refractivity (Wildman–Crippen MR) is 162 cm³/mol. The number of hydrogen-bond donors (Lipinski definition) is 0. The topological polar surface area (TPSA) is 18.5 Å². The summed E-state index contributed by atoms with van der Waals surface area (Å²) < 4.78 is 11.6. The number of hydrogen-bond acceptors (Lipinski definition) is 2. The molecule has 2 unspecified atom stereocenters. The lowest BCUT2D eigenvalue weighted by molar-refractivity contribution is 0.0494. The third-order valence-electron chi connectivity index (χ3n) is 7.16. The van der Waals surface area contributed by atoms with Crippen LogP contribution in [-0.2, 0) is 21.5 Å². The minimum Gasteiger partial charge on any atom is -0.467 e. The Kier molecular flexibility index (Phi) is 10.2. The second kappa shape index (κ2) is 12.7. The van der Waals surface area contributed by atoms with Gasteiger partial charge in [-0.05, 0) is 71.1 Å². The summed E-state index contributed by atoms with van der Waals surface area (Å²) in [7, 11) is 3.14. The third kappa shape index (κ3) is 6.77. The molecule has 194 valence electrons. The third-order valence-corrected chi connectivity index (χ3v) is 10.9. The summed E-state index contributed by atoms with van der Waals surface area (Å²) in [6.45, 7) is 16.3. The van der Waals surface area contributed by atoms with E-state index in [-0.39, 0.29) is 17.4 Å². The van der Waals surface area contributed by atoms with Gasteiger partial charge in [0.05, 0.1) is 0 Å². The second-order valence-electron chi connectivity index (χ2n) is 10.7. The van der Waals surface area contributed by atoms with Gasteiger partial charge < -0.3 is 9.47 Å². The van der Waals surface area contributed by atoms with E-state index in [0.717, 1.165) is 33.3 Å². The molecule has 0 saturated carbocycles. The van der Waals surface area contributed by atoms with E-state index in [9.17, 15) is 0 Å². The van der Waals surface area contributed by atoms with Crippen molar-refractivity contribution in [3.63, 3.8) is 0 Å². The van der Waals surface area contributed by atoms with Crippen molar-refractivity contribution >= 4 is 27.8 Å². The standard InChI is InChI=1S/C32H44O2P2/c1-9-32(10-2,28-20-26(31(5,6)7)19-24(4)29(28)34-22-33-8)36-30-23(3)15-14-16-25(30)21-35-27-17-12-11-13-18-27/h11-20,35-36H,9-10,21-22H2,1-8H3. The van der Waals surface area contributed by atoms with E-state index in [1.807, 2.05) is 0 Å². The van der Waals surface area contributed by atoms with Crippen LogP contribution in [0.2, 0.25) is 0 Å². The van der Waals surface area contributed by atoms with Crippen LogP contribution in [0.15, 0.2) is 60.7 Å². The van der Waals surface area contributed by atoms with Gasteiger partial charge in [-0.3, -0.25) is 0 Å². The number of benzene rings is 3. The van der Waals surface area contributed by atoms with Crippen molar-refractivity contribution in [2.45, 2.75) is 78.0 Å². The zero-order valence-corrected chi connectivity index (χ0v) is 25.4. The molecule has 3 rings (SSSR count). The Bertz CT molecular complexity index is 1130. The first-order valence-corrected chi connectivity index (χ1v) is 15.3. The van der Waals surface area contributed by atoms with E-state index in [0.29, 0.717) is 8.58 Å². The molecule has 0 spiro atoms. The Labute approximate surface area is 223 Å². The number of methoxy groups -OCH3 is 1. The maximum atomic E-state index is 6.28. The summed E-state index contributed by atoms with van der Waals surface area (Å²) in [5.41, 5.74) is 6.86. The molecule has 2 atom stereocenters. The molecule has 3 aromatic carbocycles. The molecule has 0 aliphatic carbocycles. The van der Waals surface area contributed by atoms with Gasteiger partial charge in [-0.25, -0.2) is 0 Å². The molecule has 0 aliphatic rings. The highest BCUT2D eigenvalue weighted by Crippen LogP contribution is 2.52. The van der Waals surface area contributed by atoms with Gasteiger partial charge in [0.25, 0.3) is 0 Å². The van der Waals surface area contributed by atoms with Crippen LogP contribution in [0, 0.1) is 13.8 Å². The molecule has 0 radical (unpaired) electrons. The van der Waals surface area contributed by atoms with E-state index in [4.69, 9.17) is 9.47 Å². The molecule has 0 aromatic heterocycles. The van der Waals surface area contributed by atoms with Crippen LogP contribution in [0.3, 0.4) is 0 Å². The summed E-state index contributed by atoms with van der Waals surface area (Å²) >= 11 is 0. The molecule has 2 nitrogen and oxygen atoms in total. The van der Waals surface area contributed by atoms with Crippen LogP contribution in [0.1, 0.15) is 75.3 Å². The quantitative estimate of drug-likeness (QED) is 0.187. The van der Waals surface area contributed by atoms with Gasteiger partial charge in [-0.2, -0.15) is 0 Å². The predicted octanol–water partition coefficient (Wildman–Crippen LogP) is 8.11. The van der Waals surface area contributed by atoms with E-state index < -0.39 is 0 Å². The van der Waals surface area contributed by atoms with Gasteiger partial charge in [0.2, 0.25) is 0 Å². The van der Waals surface area contributed by atoms with Gasteiger partial charge in [0.15, 0.2) is 6.79 Å². The lowest BCUT2D eigenvalue weighted by atomic mass is 9.81. The molecule has 36 heavy (non-hydrogen) atoms. The highest BCUT2D eigenvalue weighted by molar-refractivity contribution is 7.49. The van der Waals surface area contributed by atoms with Crippen molar-refractivity contribution in [1.29, 1.82) is 0 Å². The highest BCUT2D eigenvalue weighted by atomic mass is 31.1. The van der Waals surface area contributed by atoms with E-state index in [1.165, 1.54) is 38.4 Å². The monoisotopic (exact) mass is 522 g/mol. The molecule has 0 fully saturated rings. The summed E-state index contributed by atoms with van der Waals surface area (Å²) in [5, 5.41) is 2.96. The van der Waals surface area contributed by atoms with Crippen molar-refractivity contribution in [2.75, 3.05) is 13.9 Å². The Morgan fingerprint density at radius 3 is 2.14 bits per heavy atom. The minimum atomic E-state index is 0.00577. The lowest BCUT2D eigenvalue weighted by Gasteiger charge is -2.37. The smallest absolute Gasteiger partial charge is 0.188 e. The minimum absolute atomic E-state index is 0.00577. The fraction of sp³-hybridized carbons (Fsp3) is 0.438. The Balaban J connectivity index is 2.10. The zero-order valence-electron chi connectivity index (χ0n) is 23.4. The van der Waals surface area contributed by atoms with Gasteiger partial charge in [0, 0.05) is 17.8 Å². The van der Waals surface area contributed by atoms with Gasteiger partial charge in [-0.15, -0.1) is 0 Å². The first-order valence-electron chi connectivity index (χ1n) is 13.1. The van der Waals surface area contributed by atoms with E-state index >= 15 is 0 Å². The molecule has 3 aromatic rings. The van der Waals surface area contributed by atoms with Crippen molar-refractivity contribution < 1.29 is 9.47 Å². The Morgan fingerprint density at radius 1 is 0.833 bits per heavy atom. The molecule has 0 saturated heterocycles. The molecule has 0 heterocycles. The molecule has 0 amide bonds. The number of ether oxygens (including phenoxy) is 2. The van der Waals surface area contributed by atoms with Crippen LogP contribution < -0.4 is 15.3 Å². The maximum Gasteiger partial charge on any atom is 0.188 e. The van der Waals surface area contributed by atoms with Gasteiger partial charge in [-0.1, -0.05) is 112 Å². The van der Waals surface area contributed by atoms with Crippen LogP contribution in [-0.4, -0.2) is 13.9 Å². The van der Waals surface area contributed by atoms with Gasteiger partial charge >= 0.3 is 0 Å². The SMILES string of the molecule is CCC(CC)(Pc1c(C)cccc1CPc1ccccc1)c1cc(C(C)(C)C)cc(C)c1OCOC. The normalized spacial score (nSPS) is 12.8. The average Bonchev–Trinajstić information content (AvgIpc) is 2.86. The fourth-order valence-corrected chi connectivity index (χ4v) is 7.85. The van der Waals surface area contributed by atoms with Crippen molar-refractivity contribution in [2.24, 2.45) is 0 Å². The van der Waals surface area contributed by atoms with Gasteiger partial charge in [0.1, 0.15) is 5.75 Å². The molecular weight excluding hydrogens is 478 g/mol.